The second kappa shape index (κ2) is 11.0. The molecule has 1 heterocycles. The van der Waals surface area contributed by atoms with Crippen molar-refractivity contribution in [3.63, 3.8) is 0 Å². The van der Waals surface area contributed by atoms with Gasteiger partial charge in [0.1, 0.15) is 0 Å². The van der Waals surface area contributed by atoms with E-state index in [9.17, 15) is 9.59 Å². The molecule has 0 radical (unpaired) electrons. The normalized spacial score (nSPS) is 10.5. The van der Waals surface area contributed by atoms with Crippen LogP contribution < -0.4 is 20.3 Å². The first-order valence-electron chi connectivity index (χ1n) is 10.2. The SMILES string of the molecule is COc1ccc(CCNC(=O)CCCn2nc(-c3ccccc3)ccc2=O)cc1OC. The van der Waals surface area contributed by atoms with E-state index in [-0.39, 0.29) is 11.5 Å². The van der Waals surface area contributed by atoms with Gasteiger partial charge in [-0.05, 0) is 36.6 Å². The molecule has 3 rings (SSSR count). The number of nitrogens with zero attached hydrogens (tertiary/aromatic N) is 2. The molecular weight excluding hydrogens is 394 g/mol. The van der Waals surface area contributed by atoms with Crippen LogP contribution in [-0.2, 0) is 17.8 Å². The van der Waals surface area contributed by atoms with Crippen molar-refractivity contribution in [3.05, 3.63) is 76.6 Å². The van der Waals surface area contributed by atoms with Gasteiger partial charge in [-0.15, -0.1) is 0 Å². The fourth-order valence-corrected chi connectivity index (χ4v) is 3.23. The van der Waals surface area contributed by atoms with Crippen molar-refractivity contribution in [2.24, 2.45) is 0 Å². The molecule has 31 heavy (non-hydrogen) atoms. The monoisotopic (exact) mass is 421 g/mol. The Bertz CT molecular complexity index is 1060. The van der Waals surface area contributed by atoms with Crippen LogP contribution in [0.3, 0.4) is 0 Å². The Kier molecular flexibility index (Phi) is 7.81. The number of aromatic nitrogens is 2. The fourth-order valence-electron chi connectivity index (χ4n) is 3.23. The van der Waals surface area contributed by atoms with Crippen LogP contribution in [0.5, 0.6) is 11.5 Å². The number of amides is 1. The summed E-state index contributed by atoms with van der Waals surface area (Å²) in [7, 11) is 3.19. The Hall–Kier alpha value is -3.61. The number of rotatable bonds is 10. The third-order valence-electron chi connectivity index (χ3n) is 4.89. The lowest BCUT2D eigenvalue weighted by Gasteiger charge is -2.10. The highest BCUT2D eigenvalue weighted by atomic mass is 16.5. The Morgan fingerprint density at radius 2 is 1.77 bits per heavy atom. The minimum Gasteiger partial charge on any atom is -0.493 e. The van der Waals surface area contributed by atoms with E-state index in [1.807, 2.05) is 48.5 Å². The molecule has 0 atom stereocenters. The molecule has 7 nitrogen and oxygen atoms in total. The smallest absolute Gasteiger partial charge is 0.266 e. The maximum absolute atomic E-state index is 12.2. The summed E-state index contributed by atoms with van der Waals surface area (Å²) < 4.78 is 11.9. The molecule has 162 valence electrons. The first-order valence-corrected chi connectivity index (χ1v) is 10.2. The summed E-state index contributed by atoms with van der Waals surface area (Å²) in [4.78, 5) is 24.2. The lowest BCUT2D eigenvalue weighted by atomic mass is 10.1. The minimum atomic E-state index is -0.173. The van der Waals surface area contributed by atoms with Gasteiger partial charge in [0.15, 0.2) is 11.5 Å². The molecule has 0 spiro atoms. The van der Waals surface area contributed by atoms with Crippen LogP contribution in [0.1, 0.15) is 18.4 Å². The van der Waals surface area contributed by atoms with Gasteiger partial charge in [0.25, 0.3) is 5.56 Å². The molecule has 1 aromatic heterocycles. The molecule has 0 aliphatic heterocycles. The van der Waals surface area contributed by atoms with Crippen molar-refractivity contribution >= 4 is 5.91 Å². The van der Waals surface area contributed by atoms with Crippen molar-refractivity contribution in [2.45, 2.75) is 25.8 Å². The van der Waals surface area contributed by atoms with Crippen LogP contribution >= 0.6 is 0 Å². The Morgan fingerprint density at radius 3 is 2.52 bits per heavy atom. The number of carbonyl (C=O) groups excluding carboxylic acids is 1. The number of hydrogen-bond acceptors (Lipinski definition) is 5. The molecule has 0 aliphatic rings. The number of aryl methyl sites for hydroxylation is 1. The average Bonchev–Trinajstić information content (AvgIpc) is 2.80. The van der Waals surface area contributed by atoms with Gasteiger partial charge in [0.2, 0.25) is 5.91 Å². The van der Waals surface area contributed by atoms with Crippen molar-refractivity contribution in [2.75, 3.05) is 20.8 Å². The summed E-state index contributed by atoms with van der Waals surface area (Å²) >= 11 is 0. The lowest BCUT2D eigenvalue weighted by molar-refractivity contribution is -0.121. The van der Waals surface area contributed by atoms with Crippen LogP contribution in [-0.4, -0.2) is 36.5 Å². The van der Waals surface area contributed by atoms with E-state index in [1.54, 1.807) is 20.3 Å². The van der Waals surface area contributed by atoms with Gasteiger partial charge in [-0.25, -0.2) is 4.68 Å². The van der Waals surface area contributed by atoms with Gasteiger partial charge in [-0.3, -0.25) is 9.59 Å². The second-order valence-electron chi connectivity index (χ2n) is 7.04. The zero-order valence-electron chi connectivity index (χ0n) is 17.8. The maximum Gasteiger partial charge on any atom is 0.266 e. The summed E-state index contributed by atoms with van der Waals surface area (Å²) in [6.45, 7) is 0.915. The highest BCUT2D eigenvalue weighted by Crippen LogP contribution is 2.27. The minimum absolute atomic E-state index is 0.0484. The zero-order chi connectivity index (χ0) is 22.1. The number of carbonyl (C=O) groups is 1. The molecule has 3 aromatic rings. The summed E-state index contributed by atoms with van der Waals surface area (Å²) in [5.74, 6) is 1.30. The predicted molar refractivity (Wildman–Crippen MR) is 119 cm³/mol. The first kappa shape index (κ1) is 22.1. The Labute approximate surface area is 181 Å². The Morgan fingerprint density at radius 1 is 1.00 bits per heavy atom. The van der Waals surface area contributed by atoms with Gasteiger partial charge in [-0.1, -0.05) is 36.4 Å². The highest BCUT2D eigenvalue weighted by molar-refractivity contribution is 5.75. The van der Waals surface area contributed by atoms with Gasteiger partial charge >= 0.3 is 0 Å². The third-order valence-corrected chi connectivity index (χ3v) is 4.89. The zero-order valence-corrected chi connectivity index (χ0v) is 17.8. The molecule has 0 saturated heterocycles. The highest BCUT2D eigenvalue weighted by Gasteiger charge is 2.07. The molecule has 0 bridgehead atoms. The van der Waals surface area contributed by atoms with E-state index in [4.69, 9.17) is 9.47 Å². The largest absolute Gasteiger partial charge is 0.493 e. The van der Waals surface area contributed by atoms with E-state index >= 15 is 0 Å². The standard InChI is InChI=1S/C24H27N3O4/c1-30-21-12-10-18(17-22(21)31-2)14-15-25-23(28)9-6-16-27-24(29)13-11-20(26-27)19-7-4-3-5-8-19/h3-5,7-8,10-13,17H,6,9,14-16H2,1-2H3,(H,25,28). The van der Waals surface area contributed by atoms with Crippen molar-refractivity contribution in [1.82, 2.24) is 15.1 Å². The summed E-state index contributed by atoms with van der Waals surface area (Å²) in [6, 6.07) is 18.6. The summed E-state index contributed by atoms with van der Waals surface area (Å²) in [5, 5.41) is 7.34. The Balaban J connectivity index is 1.46. The van der Waals surface area contributed by atoms with Crippen LogP contribution in [0.4, 0.5) is 0 Å². The third kappa shape index (κ3) is 6.18. The van der Waals surface area contributed by atoms with E-state index in [2.05, 4.69) is 10.4 Å². The van der Waals surface area contributed by atoms with Gasteiger partial charge in [-0.2, -0.15) is 5.10 Å². The number of methoxy groups -OCH3 is 2. The summed E-state index contributed by atoms with van der Waals surface area (Å²) in [6.07, 6.45) is 1.55. The van der Waals surface area contributed by atoms with Gasteiger partial charge in [0, 0.05) is 31.1 Å². The van der Waals surface area contributed by atoms with Crippen LogP contribution in [0, 0.1) is 0 Å². The van der Waals surface area contributed by atoms with Gasteiger partial charge in [0.05, 0.1) is 19.9 Å². The lowest BCUT2D eigenvalue weighted by Crippen LogP contribution is -2.27. The van der Waals surface area contributed by atoms with E-state index in [0.717, 1.165) is 16.8 Å². The van der Waals surface area contributed by atoms with Crippen LogP contribution in [0.15, 0.2) is 65.5 Å². The van der Waals surface area contributed by atoms with Crippen molar-refractivity contribution < 1.29 is 14.3 Å². The molecule has 1 amide bonds. The molecule has 0 saturated carbocycles. The maximum atomic E-state index is 12.2. The molecule has 7 heteroatoms. The predicted octanol–water partition coefficient (Wildman–Crippen LogP) is 3.07. The molecule has 0 fully saturated rings. The first-order chi connectivity index (χ1) is 15.1. The quantitative estimate of drug-likeness (QED) is 0.544. The van der Waals surface area contributed by atoms with E-state index < -0.39 is 0 Å². The molecule has 0 aliphatic carbocycles. The molecule has 0 unspecified atom stereocenters. The van der Waals surface area contributed by atoms with E-state index in [1.165, 1.54) is 10.7 Å². The van der Waals surface area contributed by atoms with Gasteiger partial charge < -0.3 is 14.8 Å². The number of ether oxygens (including phenoxy) is 2. The number of hydrogen-bond donors (Lipinski definition) is 1. The number of benzene rings is 2. The fraction of sp³-hybridized carbons (Fsp3) is 0.292. The summed E-state index contributed by atoms with van der Waals surface area (Å²) in [5.41, 5.74) is 2.56. The average molecular weight is 421 g/mol. The van der Waals surface area contributed by atoms with E-state index in [0.29, 0.717) is 43.9 Å². The molecule has 2 aromatic carbocycles. The molecular formula is C24H27N3O4. The molecule has 1 N–H and O–H groups in total. The van der Waals surface area contributed by atoms with Crippen LogP contribution in [0.25, 0.3) is 11.3 Å². The number of nitrogens with one attached hydrogen (secondary N) is 1. The van der Waals surface area contributed by atoms with Crippen molar-refractivity contribution in [1.29, 1.82) is 0 Å². The van der Waals surface area contributed by atoms with Crippen molar-refractivity contribution in [3.8, 4) is 22.8 Å². The topological polar surface area (TPSA) is 82.5 Å². The van der Waals surface area contributed by atoms with Crippen LogP contribution in [0.2, 0.25) is 0 Å². The second-order valence-corrected chi connectivity index (χ2v) is 7.04.